The van der Waals surface area contributed by atoms with E-state index in [0.29, 0.717) is 11.3 Å². The molecule has 0 aliphatic heterocycles. The molecule has 0 spiro atoms. The molecule has 2 aromatic rings. The minimum absolute atomic E-state index is 0.0354. The van der Waals surface area contributed by atoms with E-state index in [1.165, 1.54) is 18.1 Å². The summed E-state index contributed by atoms with van der Waals surface area (Å²) in [7, 11) is 1.53. The first-order valence-electron chi connectivity index (χ1n) is 5.86. The number of benzene rings is 1. The summed E-state index contributed by atoms with van der Waals surface area (Å²) in [6.07, 6.45) is 1.36. The van der Waals surface area contributed by atoms with Gasteiger partial charge in [0.05, 0.1) is 11.3 Å². The second-order valence-corrected chi connectivity index (χ2v) is 3.97. The molecule has 8 nitrogen and oxygen atoms in total. The van der Waals surface area contributed by atoms with Crippen molar-refractivity contribution < 1.29 is 9.59 Å². The number of anilines is 2. The Morgan fingerprint density at radius 3 is 2.75 bits per heavy atom. The zero-order valence-corrected chi connectivity index (χ0v) is 10.8. The number of para-hydroxylation sites is 1. The lowest BCUT2D eigenvalue weighted by molar-refractivity contribution is -0.116. The number of aromatic nitrogens is 3. The van der Waals surface area contributed by atoms with Crippen molar-refractivity contribution in [2.24, 2.45) is 0 Å². The first-order valence-corrected chi connectivity index (χ1v) is 5.86. The normalized spacial score (nSPS) is 10.1. The average Bonchev–Trinajstić information content (AvgIpc) is 2.83. The number of carbonyl (C=O) groups is 2. The van der Waals surface area contributed by atoms with Crippen LogP contribution in [0.1, 0.15) is 10.4 Å². The second kappa shape index (κ2) is 5.83. The van der Waals surface area contributed by atoms with Gasteiger partial charge >= 0.3 is 0 Å². The third-order valence-corrected chi connectivity index (χ3v) is 2.53. The predicted molar refractivity (Wildman–Crippen MR) is 72.9 cm³/mol. The number of hydrogen-bond donors (Lipinski definition) is 3. The summed E-state index contributed by atoms with van der Waals surface area (Å²) in [6, 6.07) is 6.73. The molecule has 1 aromatic carbocycles. The lowest BCUT2D eigenvalue weighted by Crippen LogP contribution is -2.23. The van der Waals surface area contributed by atoms with Gasteiger partial charge < -0.3 is 16.4 Å². The van der Waals surface area contributed by atoms with Crippen LogP contribution in [-0.2, 0) is 11.3 Å². The van der Waals surface area contributed by atoms with Crippen LogP contribution in [0.25, 0.3) is 0 Å². The van der Waals surface area contributed by atoms with Gasteiger partial charge in [0.15, 0.2) is 0 Å². The minimum Gasteiger partial charge on any atom is -0.367 e. The fourth-order valence-corrected chi connectivity index (χ4v) is 1.65. The number of nitrogens with two attached hydrogens (primary N) is 1. The molecule has 1 aromatic heterocycles. The summed E-state index contributed by atoms with van der Waals surface area (Å²) in [4.78, 5) is 27.3. The van der Waals surface area contributed by atoms with Crippen molar-refractivity contribution in [3.05, 3.63) is 36.2 Å². The van der Waals surface area contributed by atoms with Crippen molar-refractivity contribution in [2.75, 3.05) is 18.1 Å². The molecular weight excluding hydrogens is 260 g/mol. The molecule has 2 rings (SSSR count). The van der Waals surface area contributed by atoms with Crippen molar-refractivity contribution in [2.45, 2.75) is 6.54 Å². The van der Waals surface area contributed by atoms with Crippen molar-refractivity contribution >= 4 is 23.5 Å². The Morgan fingerprint density at radius 2 is 2.10 bits per heavy atom. The fraction of sp³-hybridized carbons (Fsp3) is 0.167. The van der Waals surface area contributed by atoms with E-state index >= 15 is 0 Å². The Kier molecular flexibility index (Phi) is 3.94. The van der Waals surface area contributed by atoms with Crippen LogP contribution < -0.4 is 16.4 Å². The first kappa shape index (κ1) is 13.5. The molecule has 0 radical (unpaired) electrons. The molecule has 1 heterocycles. The molecule has 0 aliphatic rings. The number of amides is 2. The van der Waals surface area contributed by atoms with Gasteiger partial charge in [0.2, 0.25) is 11.9 Å². The minimum atomic E-state index is -0.328. The summed E-state index contributed by atoms with van der Waals surface area (Å²) >= 11 is 0. The highest BCUT2D eigenvalue weighted by Gasteiger charge is 2.12. The molecule has 4 N–H and O–H groups in total. The van der Waals surface area contributed by atoms with Crippen molar-refractivity contribution in [3.8, 4) is 0 Å². The maximum atomic E-state index is 11.9. The Bertz CT molecular complexity index is 636. The van der Waals surface area contributed by atoms with E-state index in [1.54, 1.807) is 24.3 Å². The second-order valence-electron chi connectivity index (χ2n) is 3.97. The Labute approximate surface area is 115 Å². The van der Waals surface area contributed by atoms with E-state index in [2.05, 4.69) is 20.7 Å². The molecule has 0 bridgehead atoms. The Balaban J connectivity index is 2.10. The zero-order chi connectivity index (χ0) is 14.5. The first-order chi connectivity index (χ1) is 9.60. The largest absolute Gasteiger partial charge is 0.367 e. The molecule has 104 valence electrons. The number of hydrogen-bond acceptors (Lipinski definition) is 5. The van der Waals surface area contributed by atoms with Crippen LogP contribution in [0.2, 0.25) is 0 Å². The van der Waals surface area contributed by atoms with Crippen LogP contribution >= 0.6 is 0 Å². The lowest BCUT2D eigenvalue weighted by atomic mass is 10.1. The molecule has 0 unspecified atom stereocenters. The number of rotatable bonds is 4. The van der Waals surface area contributed by atoms with Gasteiger partial charge in [0, 0.05) is 7.05 Å². The standard InChI is InChI=1S/C12H14N6O2/c1-14-11(20)8-4-2-3-5-9(8)16-10(19)6-18-7-15-12(13)17-18/h2-5,7H,6H2,1H3,(H2,13,17)(H,14,20)(H,16,19). The predicted octanol–water partition coefficient (Wildman–Crippen LogP) is -0.141. The van der Waals surface area contributed by atoms with Crippen LogP contribution in [0, 0.1) is 0 Å². The topological polar surface area (TPSA) is 115 Å². The summed E-state index contributed by atoms with van der Waals surface area (Å²) < 4.78 is 1.31. The van der Waals surface area contributed by atoms with Gasteiger partial charge in [0.1, 0.15) is 12.9 Å². The van der Waals surface area contributed by atoms with Gasteiger partial charge in [-0.15, -0.1) is 5.10 Å². The fourth-order valence-electron chi connectivity index (χ4n) is 1.65. The van der Waals surface area contributed by atoms with Crippen LogP contribution in [0.3, 0.4) is 0 Å². The maximum Gasteiger partial charge on any atom is 0.253 e. The highest BCUT2D eigenvalue weighted by Crippen LogP contribution is 2.14. The van der Waals surface area contributed by atoms with Crippen molar-refractivity contribution in [3.63, 3.8) is 0 Å². The SMILES string of the molecule is CNC(=O)c1ccccc1NC(=O)Cn1cnc(N)n1. The van der Waals surface area contributed by atoms with Gasteiger partial charge in [-0.25, -0.2) is 9.67 Å². The highest BCUT2D eigenvalue weighted by molar-refractivity contribution is 6.03. The average molecular weight is 274 g/mol. The maximum absolute atomic E-state index is 11.9. The van der Waals surface area contributed by atoms with E-state index in [4.69, 9.17) is 5.73 Å². The third-order valence-electron chi connectivity index (χ3n) is 2.53. The number of nitrogens with zero attached hydrogens (tertiary/aromatic N) is 3. The van der Waals surface area contributed by atoms with E-state index in [0.717, 1.165) is 0 Å². The third kappa shape index (κ3) is 3.10. The molecule has 0 aliphatic carbocycles. The molecular formula is C12H14N6O2. The monoisotopic (exact) mass is 274 g/mol. The summed E-state index contributed by atoms with van der Waals surface area (Å²) in [5.41, 5.74) is 6.19. The van der Waals surface area contributed by atoms with E-state index < -0.39 is 0 Å². The van der Waals surface area contributed by atoms with Crippen LogP contribution in [0.15, 0.2) is 30.6 Å². The molecule has 2 amide bonds. The van der Waals surface area contributed by atoms with Crippen LogP contribution in [-0.4, -0.2) is 33.6 Å². The van der Waals surface area contributed by atoms with E-state index in [-0.39, 0.29) is 24.3 Å². The molecule has 0 fully saturated rings. The Hall–Kier alpha value is -2.90. The molecule has 20 heavy (non-hydrogen) atoms. The summed E-state index contributed by atoms with van der Waals surface area (Å²) in [5, 5.41) is 8.98. The summed E-state index contributed by atoms with van der Waals surface area (Å²) in [5.74, 6) is -0.499. The molecule has 0 saturated carbocycles. The van der Waals surface area contributed by atoms with Crippen molar-refractivity contribution in [1.29, 1.82) is 0 Å². The van der Waals surface area contributed by atoms with Gasteiger partial charge in [-0.2, -0.15) is 0 Å². The smallest absolute Gasteiger partial charge is 0.253 e. The van der Waals surface area contributed by atoms with E-state index in [1.807, 2.05) is 0 Å². The zero-order valence-electron chi connectivity index (χ0n) is 10.8. The quantitative estimate of drug-likeness (QED) is 0.717. The lowest BCUT2D eigenvalue weighted by Gasteiger charge is -2.09. The number of carbonyl (C=O) groups excluding carboxylic acids is 2. The molecule has 0 saturated heterocycles. The Morgan fingerprint density at radius 1 is 1.35 bits per heavy atom. The van der Waals surface area contributed by atoms with Crippen LogP contribution in [0.4, 0.5) is 11.6 Å². The highest BCUT2D eigenvalue weighted by atomic mass is 16.2. The molecule has 0 atom stereocenters. The van der Waals surface area contributed by atoms with E-state index in [9.17, 15) is 9.59 Å². The van der Waals surface area contributed by atoms with Gasteiger partial charge in [-0.05, 0) is 12.1 Å². The van der Waals surface area contributed by atoms with Crippen molar-refractivity contribution in [1.82, 2.24) is 20.1 Å². The van der Waals surface area contributed by atoms with Gasteiger partial charge in [-0.1, -0.05) is 12.1 Å². The molecule has 8 heteroatoms. The summed E-state index contributed by atoms with van der Waals surface area (Å²) in [6.45, 7) is -0.0354. The number of nitrogen functional groups attached to an aromatic ring is 1. The number of nitrogens with one attached hydrogen (secondary N) is 2. The van der Waals surface area contributed by atoms with Crippen LogP contribution in [0.5, 0.6) is 0 Å². The van der Waals surface area contributed by atoms with Gasteiger partial charge in [-0.3, -0.25) is 9.59 Å². The van der Waals surface area contributed by atoms with Gasteiger partial charge in [0.25, 0.3) is 5.91 Å².